The van der Waals surface area contributed by atoms with Crippen LogP contribution in [0.2, 0.25) is 0 Å². The molecule has 0 N–H and O–H groups in total. The number of rotatable bonds is 4. The van der Waals surface area contributed by atoms with Crippen molar-refractivity contribution in [3.63, 3.8) is 0 Å². The Morgan fingerprint density at radius 1 is 1.11 bits per heavy atom. The Hall–Kier alpha value is -1.48. The maximum atomic E-state index is 5.25. The monoisotopic (exact) mass is 259 g/mol. The highest BCUT2D eigenvalue weighted by atomic mass is 32.2. The van der Waals surface area contributed by atoms with Gasteiger partial charge in [0.25, 0.3) is 0 Å². The summed E-state index contributed by atoms with van der Waals surface area (Å²) in [6.07, 6.45) is 2.92. The SMILES string of the molecule is COc1nc(Cc2ccc(SC)cc2)ccc1C. The molecule has 0 saturated heterocycles. The molecule has 1 aromatic carbocycles. The van der Waals surface area contributed by atoms with Gasteiger partial charge >= 0.3 is 0 Å². The first-order valence-electron chi connectivity index (χ1n) is 5.86. The molecule has 0 aliphatic heterocycles. The number of benzene rings is 1. The first-order valence-corrected chi connectivity index (χ1v) is 7.09. The highest BCUT2D eigenvalue weighted by Gasteiger charge is 2.03. The van der Waals surface area contributed by atoms with E-state index in [9.17, 15) is 0 Å². The summed E-state index contributed by atoms with van der Waals surface area (Å²) in [6.45, 7) is 2.00. The van der Waals surface area contributed by atoms with Crippen LogP contribution < -0.4 is 4.74 Å². The van der Waals surface area contributed by atoms with E-state index in [1.165, 1.54) is 10.5 Å². The lowest BCUT2D eigenvalue weighted by Gasteiger charge is -2.07. The number of thioether (sulfide) groups is 1. The number of aryl methyl sites for hydroxylation is 1. The molecule has 0 amide bonds. The molecular formula is C15H17NOS. The Morgan fingerprint density at radius 3 is 2.44 bits per heavy atom. The van der Waals surface area contributed by atoms with Gasteiger partial charge in [0.05, 0.1) is 7.11 Å². The lowest BCUT2D eigenvalue weighted by Crippen LogP contribution is -1.97. The van der Waals surface area contributed by atoms with Crippen molar-refractivity contribution < 1.29 is 4.74 Å². The lowest BCUT2D eigenvalue weighted by molar-refractivity contribution is 0.393. The predicted octanol–water partition coefficient (Wildman–Crippen LogP) is 3.71. The molecule has 94 valence electrons. The minimum absolute atomic E-state index is 0.716. The van der Waals surface area contributed by atoms with E-state index in [2.05, 4.69) is 47.6 Å². The molecule has 0 spiro atoms. The van der Waals surface area contributed by atoms with Gasteiger partial charge in [0, 0.05) is 22.6 Å². The molecule has 0 fully saturated rings. The van der Waals surface area contributed by atoms with E-state index in [0.29, 0.717) is 5.88 Å². The van der Waals surface area contributed by atoms with Crippen LogP contribution in [0.25, 0.3) is 0 Å². The Labute approximate surface area is 112 Å². The molecule has 0 aliphatic carbocycles. The summed E-state index contributed by atoms with van der Waals surface area (Å²) in [7, 11) is 1.66. The van der Waals surface area contributed by atoms with Gasteiger partial charge in [0.15, 0.2) is 0 Å². The van der Waals surface area contributed by atoms with Crippen LogP contribution in [0.5, 0.6) is 5.88 Å². The molecule has 3 heteroatoms. The van der Waals surface area contributed by atoms with E-state index in [1.54, 1.807) is 18.9 Å². The maximum absolute atomic E-state index is 5.25. The van der Waals surface area contributed by atoms with E-state index < -0.39 is 0 Å². The van der Waals surface area contributed by atoms with E-state index in [4.69, 9.17) is 4.74 Å². The second-order valence-corrected chi connectivity index (χ2v) is 5.03. The van der Waals surface area contributed by atoms with Gasteiger partial charge in [-0.3, -0.25) is 0 Å². The maximum Gasteiger partial charge on any atom is 0.216 e. The Balaban J connectivity index is 2.17. The van der Waals surface area contributed by atoms with Crippen LogP contribution in [-0.4, -0.2) is 18.3 Å². The molecule has 18 heavy (non-hydrogen) atoms. The summed E-state index contributed by atoms with van der Waals surface area (Å²) in [5.74, 6) is 0.716. The van der Waals surface area contributed by atoms with Crippen molar-refractivity contribution in [2.24, 2.45) is 0 Å². The lowest BCUT2D eigenvalue weighted by atomic mass is 10.1. The standard InChI is InChI=1S/C15H17NOS/c1-11-4-7-13(16-15(11)17-2)10-12-5-8-14(18-3)9-6-12/h4-9H,10H2,1-3H3. The zero-order valence-electron chi connectivity index (χ0n) is 10.9. The van der Waals surface area contributed by atoms with Crippen LogP contribution >= 0.6 is 11.8 Å². The quantitative estimate of drug-likeness (QED) is 0.781. The molecule has 2 rings (SSSR count). The van der Waals surface area contributed by atoms with Gasteiger partial charge in [-0.15, -0.1) is 11.8 Å². The summed E-state index contributed by atoms with van der Waals surface area (Å²) >= 11 is 1.76. The van der Waals surface area contributed by atoms with Gasteiger partial charge in [-0.25, -0.2) is 4.98 Å². The highest BCUT2D eigenvalue weighted by molar-refractivity contribution is 7.98. The molecule has 0 atom stereocenters. The first kappa shape index (κ1) is 13.0. The largest absolute Gasteiger partial charge is 0.481 e. The third kappa shape index (κ3) is 3.05. The van der Waals surface area contributed by atoms with E-state index in [-0.39, 0.29) is 0 Å². The van der Waals surface area contributed by atoms with E-state index in [1.807, 2.05) is 6.92 Å². The van der Waals surface area contributed by atoms with Crippen LogP contribution in [0, 0.1) is 6.92 Å². The fourth-order valence-electron chi connectivity index (χ4n) is 1.81. The normalized spacial score (nSPS) is 10.4. The number of pyridine rings is 1. The third-order valence-electron chi connectivity index (χ3n) is 2.85. The number of ether oxygens (including phenoxy) is 1. The topological polar surface area (TPSA) is 22.1 Å². The fourth-order valence-corrected chi connectivity index (χ4v) is 2.21. The van der Waals surface area contributed by atoms with Gasteiger partial charge in [-0.2, -0.15) is 0 Å². The van der Waals surface area contributed by atoms with Gasteiger partial charge in [-0.05, 0) is 36.9 Å². The molecule has 0 aliphatic rings. The average Bonchev–Trinajstić information content (AvgIpc) is 2.42. The van der Waals surface area contributed by atoms with Crippen LogP contribution in [-0.2, 0) is 6.42 Å². The van der Waals surface area contributed by atoms with Crippen LogP contribution in [0.1, 0.15) is 16.8 Å². The van der Waals surface area contributed by atoms with Crippen LogP contribution in [0.4, 0.5) is 0 Å². The Kier molecular flexibility index (Phi) is 4.26. The van der Waals surface area contributed by atoms with Crippen LogP contribution in [0.3, 0.4) is 0 Å². The van der Waals surface area contributed by atoms with Crippen molar-refractivity contribution in [3.05, 3.63) is 53.2 Å². The second kappa shape index (κ2) is 5.91. The van der Waals surface area contributed by atoms with Crippen LogP contribution in [0.15, 0.2) is 41.3 Å². The summed E-state index contributed by atoms with van der Waals surface area (Å²) in [6, 6.07) is 12.7. The summed E-state index contributed by atoms with van der Waals surface area (Å²) in [5.41, 5.74) is 3.37. The number of hydrogen-bond donors (Lipinski definition) is 0. The smallest absolute Gasteiger partial charge is 0.216 e. The number of hydrogen-bond acceptors (Lipinski definition) is 3. The van der Waals surface area contributed by atoms with Crippen molar-refractivity contribution in [2.75, 3.05) is 13.4 Å². The third-order valence-corrected chi connectivity index (χ3v) is 3.59. The van der Waals surface area contributed by atoms with Gasteiger partial charge in [0.2, 0.25) is 5.88 Å². The summed E-state index contributed by atoms with van der Waals surface area (Å²) in [4.78, 5) is 5.79. The predicted molar refractivity (Wildman–Crippen MR) is 76.6 cm³/mol. The van der Waals surface area contributed by atoms with Crippen molar-refractivity contribution in [1.29, 1.82) is 0 Å². The highest BCUT2D eigenvalue weighted by Crippen LogP contribution is 2.19. The minimum Gasteiger partial charge on any atom is -0.481 e. The van der Waals surface area contributed by atoms with Gasteiger partial charge < -0.3 is 4.74 Å². The van der Waals surface area contributed by atoms with Gasteiger partial charge in [-0.1, -0.05) is 18.2 Å². The fraction of sp³-hybridized carbons (Fsp3) is 0.267. The molecule has 2 aromatic rings. The van der Waals surface area contributed by atoms with E-state index in [0.717, 1.165) is 17.7 Å². The minimum atomic E-state index is 0.716. The molecule has 1 aromatic heterocycles. The molecule has 0 radical (unpaired) electrons. The number of aromatic nitrogens is 1. The average molecular weight is 259 g/mol. The van der Waals surface area contributed by atoms with Crippen molar-refractivity contribution >= 4 is 11.8 Å². The zero-order chi connectivity index (χ0) is 13.0. The van der Waals surface area contributed by atoms with E-state index >= 15 is 0 Å². The molecule has 1 heterocycles. The summed E-state index contributed by atoms with van der Waals surface area (Å²) in [5, 5.41) is 0. The Bertz CT molecular complexity index is 523. The Morgan fingerprint density at radius 2 is 1.83 bits per heavy atom. The van der Waals surface area contributed by atoms with Crippen molar-refractivity contribution in [3.8, 4) is 5.88 Å². The number of nitrogens with zero attached hydrogens (tertiary/aromatic N) is 1. The first-order chi connectivity index (χ1) is 8.72. The number of methoxy groups -OCH3 is 1. The zero-order valence-corrected chi connectivity index (χ0v) is 11.8. The molecule has 0 unspecified atom stereocenters. The van der Waals surface area contributed by atoms with Gasteiger partial charge in [0.1, 0.15) is 0 Å². The second-order valence-electron chi connectivity index (χ2n) is 4.15. The molecule has 0 saturated carbocycles. The molecule has 2 nitrogen and oxygen atoms in total. The molecule has 0 bridgehead atoms. The summed E-state index contributed by atoms with van der Waals surface area (Å²) < 4.78 is 5.25. The van der Waals surface area contributed by atoms with Crippen molar-refractivity contribution in [1.82, 2.24) is 4.98 Å². The molecular weight excluding hydrogens is 242 g/mol. The van der Waals surface area contributed by atoms with Crippen molar-refractivity contribution in [2.45, 2.75) is 18.2 Å².